The Morgan fingerprint density at radius 1 is 1.18 bits per heavy atom. The zero-order chi connectivity index (χ0) is 13.0. The maximum absolute atomic E-state index is 12.5. The SMILES string of the molecule is CC(C)C(C)N(C)C(=O)C1CCCCCC1N. The number of amides is 1. The number of nitrogens with two attached hydrogens (primary N) is 1. The van der Waals surface area contributed by atoms with Crippen LogP contribution >= 0.6 is 0 Å². The highest BCUT2D eigenvalue weighted by Crippen LogP contribution is 2.25. The fourth-order valence-corrected chi connectivity index (χ4v) is 2.55. The van der Waals surface area contributed by atoms with Crippen molar-refractivity contribution in [1.82, 2.24) is 4.90 Å². The van der Waals surface area contributed by atoms with Gasteiger partial charge in [0.05, 0.1) is 5.92 Å². The third-order valence-electron chi connectivity index (χ3n) is 4.31. The maximum Gasteiger partial charge on any atom is 0.227 e. The lowest BCUT2D eigenvalue weighted by Crippen LogP contribution is -2.46. The Bertz CT molecular complexity index is 253. The number of carbonyl (C=O) groups excluding carboxylic acids is 1. The van der Waals surface area contributed by atoms with E-state index in [-0.39, 0.29) is 23.9 Å². The van der Waals surface area contributed by atoms with Crippen molar-refractivity contribution in [2.45, 2.75) is 65.0 Å². The fourth-order valence-electron chi connectivity index (χ4n) is 2.55. The molecule has 1 aliphatic carbocycles. The fraction of sp³-hybridized carbons (Fsp3) is 0.929. The molecule has 3 heteroatoms. The minimum absolute atomic E-state index is 0.0451. The van der Waals surface area contributed by atoms with Crippen molar-refractivity contribution in [1.29, 1.82) is 0 Å². The lowest BCUT2D eigenvalue weighted by atomic mass is 9.92. The average molecular weight is 240 g/mol. The topological polar surface area (TPSA) is 46.3 Å². The molecular formula is C14H28N2O. The molecule has 0 heterocycles. The summed E-state index contributed by atoms with van der Waals surface area (Å²) in [6.07, 6.45) is 5.51. The Kier molecular flexibility index (Phi) is 5.44. The predicted octanol–water partition coefficient (Wildman–Crippen LogP) is 2.40. The van der Waals surface area contributed by atoms with Crippen LogP contribution in [-0.4, -0.2) is 29.9 Å². The molecule has 0 bridgehead atoms. The van der Waals surface area contributed by atoms with Crippen LogP contribution in [0.4, 0.5) is 0 Å². The second-order valence-corrected chi connectivity index (χ2v) is 5.84. The second kappa shape index (κ2) is 6.39. The second-order valence-electron chi connectivity index (χ2n) is 5.84. The summed E-state index contributed by atoms with van der Waals surface area (Å²) in [7, 11) is 1.92. The van der Waals surface area contributed by atoms with Gasteiger partial charge in [-0.25, -0.2) is 0 Å². The first-order valence-electron chi connectivity index (χ1n) is 6.97. The molecule has 1 fully saturated rings. The molecule has 0 radical (unpaired) electrons. The first kappa shape index (κ1) is 14.5. The molecule has 2 N–H and O–H groups in total. The van der Waals surface area contributed by atoms with Crippen LogP contribution in [0.3, 0.4) is 0 Å². The zero-order valence-electron chi connectivity index (χ0n) is 11.8. The summed E-state index contributed by atoms with van der Waals surface area (Å²) >= 11 is 0. The van der Waals surface area contributed by atoms with Gasteiger partial charge in [-0.1, -0.05) is 33.1 Å². The summed E-state index contributed by atoms with van der Waals surface area (Å²) in [5.41, 5.74) is 6.15. The standard InChI is InChI=1S/C14H28N2O/c1-10(2)11(3)16(4)14(17)12-8-6-5-7-9-13(12)15/h10-13H,5-9,15H2,1-4H3. The van der Waals surface area contributed by atoms with Crippen molar-refractivity contribution in [3.8, 4) is 0 Å². The third-order valence-corrected chi connectivity index (χ3v) is 4.31. The molecule has 100 valence electrons. The van der Waals surface area contributed by atoms with E-state index in [1.807, 2.05) is 11.9 Å². The van der Waals surface area contributed by atoms with Crippen LogP contribution in [0.15, 0.2) is 0 Å². The van der Waals surface area contributed by atoms with E-state index in [0.717, 1.165) is 19.3 Å². The highest BCUT2D eigenvalue weighted by molar-refractivity contribution is 5.79. The van der Waals surface area contributed by atoms with Gasteiger partial charge in [0.25, 0.3) is 0 Å². The summed E-state index contributed by atoms with van der Waals surface area (Å²) < 4.78 is 0. The van der Waals surface area contributed by atoms with E-state index >= 15 is 0 Å². The molecule has 1 amide bonds. The van der Waals surface area contributed by atoms with E-state index in [0.29, 0.717) is 5.92 Å². The van der Waals surface area contributed by atoms with Crippen LogP contribution in [0.5, 0.6) is 0 Å². The largest absolute Gasteiger partial charge is 0.343 e. The van der Waals surface area contributed by atoms with Crippen LogP contribution in [0.1, 0.15) is 52.9 Å². The first-order valence-corrected chi connectivity index (χ1v) is 6.97. The Hall–Kier alpha value is -0.570. The number of rotatable bonds is 3. The van der Waals surface area contributed by atoms with E-state index in [1.54, 1.807) is 0 Å². The lowest BCUT2D eigenvalue weighted by Gasteiger charge is -2.32. The molecule has 0 spiro atoms. The average Bonchev–Trinajstić information content (AvgIpc) is 2.50. The molecular weight excluding hydrogens is 212 g/mol. The molecule has 3 nitrogen and oxygen atoms in total. The molecule has 1 saturated carbocycles. The van der Waals surface area contributed by atoms with Gasteiger partial charge in [0, 0.05) is 19.1 Å². The third kappa shape index (κ3) is 3.70. The predicted molar refractivity (Wildman–Crippen MR) is 71.6 cm³/mol. The Balaban J connectivity index is 2.66. The molecule has 3 unspecified atom stereocenters. The highest BCUT2D eigenvalue weighted by Gasteiger charge is 2.31. The Labute approximate surface area is 106 Å². The molecule has 17 heavy (non-hydrogen) atoms. The van der Waals surface area contributed by atoms with Gasteiger partial charge in [-0.15, -0.1) is 0 Å². The first-order chi connectivity index (χ1) is 7.95. The van der Waals surface area contributed by atoms with Gasteiger partial charge in [-0.3, -0.25) is 4.79 Å². The van der Waals surface area contributed by atoms with Gasteiger partial charge >= 0.3 is 0 Å². The molecule has 0 aliphatic heterocycles. The minimum Gasteiger partial charge on any atom is -0.343 e. The molecule has 1 rings (SSSR count). The maximum atomic E-state index is 12.5. The van der Waals surface area contributed by atoms with Crippen LogP contribution in [0.25, 0.3) is 0 Å². The van der Waals surface area contributed by atoms with Crippen molar-refractivity contribution in [2.75, 3.05) is 7.05 Å². The van der Waals surface area contributed by atoms with Crippen molar-refractivity contribution < 1.29 is 4.79 Å². The zero-order valence-corrected chi connectivity index (χ0v) is 11.8. The van der Waals surface area contributed by atoms with E-state index in [1.165, 1.54) is 12.8 Å². The van der Waals surface area contributed by atoms with Crippen LogP contribution in [0.2, 0.25) is 0 Å². The molecule has 3 atom stereocenters. The van der Waals surface area contributed by atoms with Crippen molar-refractivity contribution in [3.05, 3.63) is 0 Å². The summed E-state index contributed by atoms with van der Waals surface area (Å²) in [5, 5.41) is 0. The van der Waals surface area contributed by atoms with Crippen molar-refractivity contribution in [2.24, 2.45) is 17.6 Å². The minimum atomic E-state index is 0.0451. The number of hydrogen-bond donors (Lipinski definition) is 1. The quantitative estimate of drug-likeness (QED) is 0.770. The summed E-state index contributed by atoms with van der Waals surface area (Å²) in [4.78, 5) is 14.4. The summed E-state index contributed by atoms with van der Waals surface area (Å²) in [6, 6.07) is 0.352. The van der Waals surface area contributed by atoms with E-state index < -0.39 is 0 Å². The van der Waals surface area contributed by atoms with Gasteiger partial charge in [-0.2, -0.15) is 0 Å². The van der Waals surface area contributed by atoms with Gasteiger partial charge in [0.1, 0.15) is 0 Å². The smallest absolute Gasteiger partial charge is 0.227 e. The van der Waals surface area contributed by atoms with Crippen LogP contribution in [0, 0.1) is 11.8 Å². The lowest BCUT2D eigenvalue weighted by molar-refractivity contribution is -0.137. The van der Waals surface area contributed by atoms with Gasteiger partial charge < -0.3 is 10.6 Å². The van der Waals surface area contributed by atoms with Crippen molar-refractivity contribution >= 4 is 5.91 Å². The number of hydrogen-bond acceptors (Lipinski definition) is 2. The van der Waals surface area contributed by atoms with E-state index in [4.69, 9.17) is 5.73 Å². The summed E-state index contributed by atoms with van der Waals surface area (Å²) in [5.74, 6) is 0.787. The summed E-state index contributed by atoms with van der Waals surface area (Å²) in [6.45, 7) is 6.42. The highest BCUT2D eigenvalue weighted by atomic mass is 16.2. The molecule has 0 aromatic rings. The Morgan fingerprint density at radius 3 is 2.35 bits per heavy atom. The molecule has 0 saturated heterocycles. The molecule has 0 aromatic carbocycles. The van der Waals surface area contributed by atoms with Crippen molar-refractivity contribution in [3.63, 3.8) is 0 Å². The number of carbonyl (C=O) groups is 1. The Morgan fingerprint density at radius 2 is 1.76 bits per heavy atom. The van der Waals surface area contributed by atoms with E-state index in [2.05, 4.69) is 20.8 Å². The normalized spacial score (nSPS) is 27.6. The van der Waals surface area contributed by atoms with Gasteiger partial charge in [0.15, 0.2) is 0 Å². The van der Waals surface area contributed by atoms with Crippen LogP contribution in [-0.2, 0) is 4.79 Å². The number of nitrogens with zero attached hydrogens (tertiary/aromatic N) is 1. The molecule has 0 aromatic heterocycles. The molecule has 1 aliphatic rings. The monoisotopic (exact) mass is 240 g/mol. The van der Waals surface area contributed by atoms with Gasteiger partial charge in [-0.05, 0) is 25.7 Å². The van der Waals surface area contributed by atoms with Gasteiger partial charge in [0.2, 0.25) is 5.91 Å². The van der Waals surface area contributed by atoms with E-state index in [9.17, 15) is 4.79 Å². The van der Waals surface area contributed by atoms with Crippen LogP contribution < -0.4 is 5.73 Å².